The van der Waals surface area contributed by atoms with Gasteiger partial charge in [-0.2, -0.15) is 0 Å². The van der Waals surface area contributed by atoms with Crippen molar-refractivity contribution in [3.63, 3.8) is 0 Å². The zero-order valence-electron chi connectivity index (χ0n) is 20.3. The van der Waals surface area contributed by atoms with Crippen LogP contribution in [-0.2, 0) is 9.53 Å². The van der Waals surface area contributed by atoms with E-state index in [4.69, 9.17) is 9.47 Å². The zero-order chi connectivity index (χ0) is 24.8. The van der Waals surface area contributed by atoms with Crippen LogP contribution in [0.1, 0.15) is 41.6 Å². The Morgan fingerprint density at radius 1 is 1.18 bits per heavy atom. The molecule has 2 heterocycles. The normalized spacial score (nSPS) is 21.6. The topological polar surface area (TPSA) is 101 Å². The van der Waals surface area contributed by atoms with Gasteiger partial charge in [0.15, 0.2) is 0 Å². The number of hydrogen-bond acceptors (Lipinski definition) is 6. The van der Waals surface area contributed by atoms with Gasteiger partial charge in [0.2, 0.25) is 5.91 Å². The smallest absolute Gasteiger partial charge is 0.272 e. The van der Waals surface area contributed by atoms with Gasteiger partial charge in [-0.15, -0.1) is 0 Å². The summed E-state index contributed by atoms with van der Waals surface area (Å²) in [7, 11) is 3.30. The predicted octanol–water partition coefficient (Wildman–Crippen LogP) is 2.69. The number of fused-ring (bicyclic) bond motifs is 1. The van der Waals surface area contributed by atoms with Crippen molar-refractivity contribution in [2.45, 2.75) is 32.9 Å². The molecule has 0 saturated heterocycles. The van der Waals surface area contributed by atoms with Gasteiger partial charge in [0.1, 0.15) is 18.1 Å². The number of benzene rings is 1. The number of carbonyl (C=O) groups excluding carboxylic acids is 3. The highest BCUT2D eigenvalue weighted by atomic mass is 16.5. The molecule has 1 N–H and O–H groups in total. The molecule has 182 valence electrons. The first-order valence-corrected chi connectivity index (χ1v) is 11.3. The minimum absolute atomic E-state index is 0.0695. The molecule has 34 heavy (non-hydrogen) atoms. The molecule has 1 aliphatic heterocycles. The molecule has 9 heteroatoms. The van der Waals surface area contributed by atoms with Crippen LogP contribution < -0.4 is 10.1 Å². The van der Waals surface area contributed by atoms with Gasteiger partial charge in [-0.25, -0.2) is 0 Å². The monoisotopic (exact) mass is 468 g/mol. The standard InChI is InChI=1S/C25H32N4O5/c1-16-13-29(25(32)21-8-6-7-11-26-21)17(2)15-34-22-10-9-19(27-18(3)30)12-20(22)24(31)28(4)14-23(16)33-5/h6-12,16-17,23H,13-15H2,1-5H3,(H,27,30)/t16-,17-,23+/m0/s1. The number of methoxy groups -OCH3 is 1. The van der Waals surface area contributed by atoms with Gasteiger partial charge >= 0.3 is 0 Å². The van der Waals surface area contributed by atoms with Gasteiger partial charge in [-0.3, -0.25) is 19.4 Å². The third-order valence-electron chi connectivity index (χ3n) is 5.91. The number of hydrogen-bond donors (Lipinski definition) is 1. The first kappa shape index (κ1) is 25.2. The van der Waals surface area contributed by atoms with E-state index in [2.05, 4.69) is 10.3 Å². The summed E-state index contributed by atoms with van der Waals surface area (Å²) >= 11 is 0. The molecule has 0 saturated carbocycles. The predicted molar refractivity (Wildman–Crippen MR) is 128 cm³/mol. The molecule has 0 fully saturated rings. The summed E-state index contributed by atoms with van der Waals surface area (Å²) in [5.41, 5.74) is 1.18. The zero-order valence-corrected chi connectivity index (χ0v) is 20.3. The highest BCUT2D eigenvalue weighted by Crippen LogP contribution is 2.26. The van der Waals surface area contributed by atoms with Gasteiger partial charge in [0.05, 0.1) is 17.7 Å². The lowest BCUT2D eigenvalue weighted by atomic mass is 10.0. The van der Waals surface area contributed by atoms with E-state index in [0.29, 0.717) is 35.8 Å². The molecular formula is C25H32N4O5. The highest BCUT2D eigenvalue weighted by Gasteiger charge is 2.31. The number of ether oxygens (including phenoxy) is 2. The van der Waals surface area contributed by atoms with Gasteiger partial charge in [-0.1, -0.05) is 13.0 Å². The summed E-state index contributed by atoms with van der Waals surface area (Å²) in [4.78, 5) is 45.7. The molecule has 3 amide bonds. The maximum Gasteiger partial charge on any atom is 0.272 e. The van der Waals surface area contributed by atoms with Crippen LogP contribution in [0.25, 0.3) is 0 Å². The van der Waals surface area contributed by atoms with Crippen LogP contribution in [0.4, 0.5) is 5.69 Å². The minimum Gasteiger partial charge on any atom is -0.491 e. The number of carbonyl (C=O) groups is 3. The molecule has 0 aliphatic carbocycles. The average molecular weight is 469 g/mol. The van der Waals surface area contributed by atoms with Crippen LogP contribution in [0.5, 0.6) is 5.75 Å². The fourth-order valence-electron chi connectivity index (χ4n) is 3.98. The van der Waals surface area contributed by atoms with E-state index in [1.54, 1.807) is 66.6 Å². The van der Waals surface area contributed by atoms with Crippen LogP contribution in [0.2, 0.25) is 0 Å². The Hall–Kier alpha value is -3.46. The Kier molecular flexibility index (Phi) is 8.22. The van der Waals surface area contributed by atoms with Gasteiger partial charge < -0.3 is 24.6 Å². The summed E-state index contributed by atoms with van der Waals surface area (Å²) < 4.78 is 11.8. The number of nitrogens with zero attached hydrogens (tertiary/aromatic N) is 3. The van der Waals surface area contributed by atoms with E-state index in [0.717, 1.165) is 0 Å². The molecule has 0 spiro atoms. The van der Waals surface area contributed by atoms with Gasteiger partial charge in [0.25, 0.3) is 11.8 Å². The van der Waals surface area contributed by atoms with Crippen LogP contribution in [-0.4, -0.2) is 78.5 Å². The summed E-state index contributed by atoms with van der Waals surface area (Å²) in [6, 6.07) is 9.88. The molecule has 1 aliphatic rings. The molecule has 0 radical (unpaired) electrons. The van der Waals surface area contributed by atoms with E-state index in [1.165, 1.54) is 6.92 Å². The summed E-state index contributed by atoms with van der Waals surface area (Å²) in [5, 5.41) is 2.70. The van der Waals surface area contributed by atoms with Gasteiger partial charge in [0, 0.05) is 52.0 Å². The lowest BCUT2D eigenvalue weighted by molar-refractivity contribution is -0.114. The van der Waals surface area contributed by atoms with Crippen molar-refractivity contribution >= 4 is 23.4 Å². The maximum atomic E-state index is 13.3. The van der Waals surface area contributed by atoms with Crippen LogP contribution in [0.3, 0.4) is 0 Å². The fourth-order valence-corrected chi connectivity index (χ4v) is 3.98. The molecular weight excluding hydrogens is 436 g/mol. The number of likely N-dealkylation sites (N-methyl/N-ethyl adjacent to an activating group) is 1. The number of rotatable bonds is 3. The van der Waals surface area contributed by atoms with Crippen molar-refractivity contribution in [3.05, 3.63) is 53.9 Å². The SMILES string of the molecule is CO[C@@H]1CN(C)C(=O)c2cc(NC(C)=O)ccc2OC[C@H](C)N(C(=O)c2ccccn2)C[C@@H]1C. The van der Waals surface area contributed by atoms with Crippen molar-refractivity contribution in [1.29, 1.82) is 0 Å². The van der Waals surface area contributed by atoms with Gasteiger partial charge in [-0.05, 0) is 37.3 Å². The lowest BCUT2D eigenvalue weighted by Gasteiger charge is -2.36. The molecule has 0 unspecified atom stereocenters. The Morgan fingerprint density at radius 3 is 2.59 bits per heavy atom. The summed E-state index contributed by atoms with van der Waals surface area (Å²) in [5.74, 6) is -0.363. The van der Waals surface area contributed by atoms with E-state index in [9.17, 15) is 14.4 Å². The van der Waals surface area contributed by atoms with E-state index >= 15 is 0 Å². The fraction of sp³-hybridized carbons (Fsp3) is 0.440. The molecule has 0 bridgehead atoms. The molecule has 3 rings (SSSR count). The number of nitrogens with one attached hydrogen (secondary N) is 1. The van der Waals surface area contributed by atoms with E-state index in [-0.39, 0.29) is 42.4 Å². The number of amides is 3. The number of anilines is 1. The first-order valence-electron chi connectivity index (χ1n) is 11.3. The minimum atomic E-state index is -0.303. The van der Waals surface area contributed by atoms with Crippen LogP contribution in [0, 0.1) is 5.92 Å². The Labute approximate surface area is 200 Å². The second kappa shape index (κ2) is 11.1. The molecule has 1 aromatic carbocycles. The largest absolute Gasteiger partial charge is 0.491 e. The van der Waals surface area contributed by atoms with Crippen LogP contribution in [0.15, 0.2) is 42.6 Å². The quantitative estimate of drug-likeness (QED) is 0.743. The summed E-state index contributed by atoms with van der Waals surface area (Å²) in [6.45, 7) is 6.21. The highest BCUT2D eigenvalue weighted by molar-refractivity contribution is 5.99. The summed E-state index contributed by atoms with van der Waals surface area (Å²) in [6.07, 6.45) is 1.29. The maximum absolute atomic E-state index is 13.3. The second-order valence-corrected chi connectivity index (χ2v) is 8.66. The Balaban J connectivity index is 1.99. The van der Waals surface area contributed by atoms with Crippen molar-refractivity contribution in [2.24, 2.45) is 5.92 Å². The molecule has 3 atom stereocenters. The molecule has 2 aromatic rings. The van der Waals surface area contributed by atoms with Crippen molar-refractivity contribution in [1.82, 2.24) is 14.8 Å². The van der Waals surface area contributed by atoms with Crippen molar-refractivity contribution in [3.8, 4) is 5.75 Å². The van der Waals surface area contributed by atoms with Crippen molar-refractivity contribution < 1.29 is 23.9 Å². The number of aromatic nitrogens is 1. The van der Waals surface area contributed by atoms with Crippen LogP contribution >= 0.6 is 0 Å². The first-order chi connectivity index (χ1) is 16.2. The second-order valence-electron chi connectivity index (χ2n) is 8.66. The Bertz CT molecular complexity index is 1030. The number of pyridine rings is 1. The third kappa shape index (κ3) is 5.91. The molecule has 9 nitrogen and oxygen atoms in total. The lowest BCUT2D eigenvalue weighted by Crippen LogP contribution is -2.48. The van der Waals surface area contributed by atoms with E-state index in [1.807, 2.05) is 13.8 Å². The molecule has 1 aromatic heterocycles. The van der Waals surface area contributed by atoms with Crippen molar-refractivity contribution in [2.75, 3.05) is 39.2 Å². The average Bonchev–Trinajstić information content (AvgIpc) is 2.83. The Morgan fingerprint density at radius 2 is 1.94 bits per heavy atom. The third-order valence-corrected chi connectivity index (χ3v) is 5.91. The van der Waals surface area contributed by atoms with E-state index < -0.39 is 0 Å².